The van der Waals surface area contributed by atoms with Crippen LogP contribution in [-0.2, 0) is 9.59 Å². The number of carbonyl (C=O) groups is 2. The van der Waals surface area contributed by atoms with E-state index in [9.17, 15) is 18.4 Å². The highest BCUT2D eigenvalue weighted by Gasteiger charge is 2.17. The van der Waals surface area contributed by atoms with E-state index >= 15 is 0 Å². The number of benzene rings is 2. The first-order chi connectivity index (χ1) is 12.8. The molecule has 0 atom stereocenters. The molecule has 0 saturated heterocycles. The number of likely N-dealkylation sites (N-methyl/N-ethyl adjacent to an activating group) is 1. The third-order valence-electron chi connectivity index (χ3n) is 3.81. The number of para-hydroxylation sites is 1. The van der Waals surface area contributed by atoms with Crippen molar-refractivity contribution in [2.24, 2.45) is 0 Å². The van der Waals surface area contributed by atoms with Crippen molar-refractivity contribution < 1.29 is 18.4 Å². The summed E-state index contributed by atoms with van der Waals surface area (Å²) >= 11 is 3.39. The molecule has 8 heteroatoms. The van der Waals surface area contributed by atoms with Crippen molar-refractivity contribution in [2.75, 3.05) is 30.3 Å². The lowest BCUT2D eigenvalue weighted by Crippen LogP contribution is -2.38. The summed E-state index contributed by atoms with van der Waals surface area (Å²) in [6.45, 7) is 3.92. The van der Waals surface area contributed by atoms with Crippen LogP contribution >= 0.6 is 15.9 Å². The molecular weight excluding hydrogens is 420 g/mol. The minimum atomic E-state index is -0.853. The lowest BCUT2D eigenvalue weighted by molar-refractivity contribution is -0.119. The molecule has 2 aromatic carbocycles. The largest absolute Gasteiger partial charge is 0.324 e. The number of anilines is 2. The number of carbonyl (C=O) groups excluding carboxylic acids is 2. The SMILES string of the molecule is CCN(CC(=O)Nc1ccc(C)cc1Br)CC(=O)Nc1c(F)cccc1F. The fourth-order valence-electron chi connectivity index (χ4n) is 2.39. The highest BCUT2D eigenvalue weighted by atomic mass is 79.9. The Morgan fingerprint density at radius 1 is 1.04 bits per heavy atom. The summed E-state index contributed by atoms with van der Waals surface area (Å²) in [6, 6.07) is 8.86. The van der Waals surface area contributed by atoms with Crippen LogP contribution in [0.25, 0.3) is 0 Å². The minimum absolute atomic E-state index is 0.0377. The predicted octanol–water partition coefficient (Wildman–Crippen LogP) is 3.93. The Hall–Kier alpha value is -2.32. The van der Waals surface area contributed by atoms with Crippen molar-refractivity contribution in [3.63, 3.8) is 0 Å². The molecule has 0 radical (unpaired) electrons. The van der Waals surface area contributed by atoms with E-state index in [1.54, 1.807) is 17.9 Å². The molecule has 0 aromatic heterocycles. The molecule has 0 spiro atoms. The first kappa shape index (κ1) is 21.0. The van der Waals surface area contributed by atoms with E-state index in [1.165, 1.54) is 6.07 Å². The maximum atomic E-state index is 13.6. The normalized spacial score (nSPS) is 10.7. The molecule has 2 amide bonds. The van der Waals surface area contributed by atoms with Crippen molar-refractivity contribution in [3.05, 3.63) is 58.1 Å². The molecule has 0 saturated carbocycles. The van der Waals surface area contributed by atoms with Crippen molar-refractivity contribution in [1.82, 2.24) is 4.90 Å². The second kappa shape index (κ2) is 9.57. The Bertz CT molecular complexity index is 825. The molecule has 0 heterocycles. The lowest BCUT2D eigenvalue weighted by atomic mass is 10.2. The van der Waals surface area contributed by atoms with E-state index in [4.69, 9.17) is 0 Å². The van der Waals surface area contributed by atoms with Crippen LogP contribution in [0.3, 0.4) is 0 Å². The number of nitrogens with one attached hydrogen (secondary N) is 2. The van der Waals surface area contributed by atoms with Gasteiger partial charge in [0.15, 0.2) is 0 Å². The molecule has 0 aliphatic carbocycles. The van der Waals surface area contributed by atoms with Crippen LogP contribution in [0, 0.1) is 18.6 Å². The molecule has 2 N–H and O–H groups in total. The Morgan fingerprint density at radius 3 is 2.19 bits per heavy atom. The van der Waals surface area contributed by atoms with Crippen molar-refractivity contribution >= 4 is 39.1 Å². The molecule has 0 unspecified atom stereocenters. The molecule has 0 fully saturated rings. The molecule has 5 nitrogen and oxygen atoms in total. The van der Waals surface area contributed by atoms with E-state index in [2.05, 4.69) is 26.6 Å². The first-order valence-corrected chi connectivity index (χ1v) is 9.11. The first-order valence-electron chi connectivity index (χ1n) is 8.32. The highest BCUT2D eigenvalue weighted by Crippen LogP contribution is 2.23. The monoisotopic (exact) mass is 439 g/mol. The molecule has 0 bridgehead atoms. The van der Waals surface area contributed by atoms with Crippen LogP contribution in [0.2, 0.25) is 0 Å². The van der Waals surface area contributed by atoms with Crippen LogP contribution in [0.15, 0.2) is 40.9 Å². The average Bonchev–Trinajstić information content (AvgIpc) is 2.60. The van der Waals surface area contributed by atoms with E-state index in [1.807, 2.05) is 19.1 Å². The highest BCUT2D eigenvalue weighted by molar-refractivity contribution is 9.10. The standard InChI is InChI=1S/C19H20BrF2N3O2/c1-3-25(10-17(26)23-16-8-7-12(2)9-13(16)20)11-18(27)24-19-14(21)5-4-6-15(19)22/h4-9H,3,10-11H2,1-2H3,(H,23,26)(H,24,27). The molecule has 2 rings (SSSR count). The van der Waals surface area contributed by atoms with Crippen LogP contribution in [-0.4, -0.2) is 36.3 Å². The Morgan fingerprint density at radius 2 is 1.63 bits per heavy atom. The van der Waals surface area contributed by atoms with Crippen LogP contribution < -0.4 is 10.6 Å². The van der Waals surface area contributed by atoms with Gasteiger partial charge in [-0.3, -0.25) is 14.5 Å². The van der Waals surface area contributed by atoms with Gasteiger partial charge in [-0.1, -0.05) is 19.1 Å². The van der Waals surface area contributed by atoms with Gasteiger partial charge in [0.05, 0.1) is 18.8 Å². The number of aryl methyl sites for hydroxylation is 1. The summed E-state index contributed by atoms with van der Waals surface area (Å²) < 4.78 is 28.0. The van der Waals surface area contributed by atoms with Crippen molar-refractivity contribution in [1.29, 1.82) is 0 Å². The van der Waals surface area contributed by atoms with Gasteiger partial charge in [0, 0.05) is 4.47 Å². The second-order valence-electron chi connectivity index (χ2n) is 5.98. The summed E-state index contributed by atoms with van der Waals surface area (Å²) in [7, 11) is 0. The van der Waals surface area contributed by atoms with Gasteiger partial charge in [-0.15, -0.1) is 0 Å². The number of hydrogen-bond donors (Lipinski definition) is 2. The van der Waals surface area contributed by atoms with Gasteiger partial charge in [0.1, 0.15) is 17.3 Å². The Labute approximate surface area is 164 Å². The number of halogens is 3. The number of hydrogen-bond acceptors (Lipinski definition) is 3. The van der Waals surface area contributed by atoms with Gasteiger partial charge in [0.25, 0.3) is 0 Å². The molecule has 27 heavy (non-hydrogen) atoms. The van der Waals surface area contributed by atoms with Crippen LogP contribution in [0.1, 0.15) is 12.5 Å². The summed E-state index contributed by atoms with van der Waals surface area (Å²) in [5, 5.41) is 4.98. The van der Waals surface area contributed by atoms with E-state index in [0.717, 1.165) is 22.2 Å². The maximum Gasteiger partial charge on any atom is 0.238 e. The molecule has 2 aromatic rings. The Balaban J connectivity index is 1.94. The van der Waals surface area contributed by atoms with Crippen LogP contribution in [0.5, 0.6) is 0 Å². The zero-order chi connectivity index (χ0) is 20.0. The summed E-state index contributed by atoms with van der Waals surface area (Å²) in [5.74, 6) is -2.61. The van der Waals surface area contributed by atoms with Gasteiger partial charge in [-0.2, -0.15) is 0 Å². The molecule has 0 aliphatic rings. The van der Waals surface area contributed by atoms with Gasteiger partial charge in [-0.25, -0.2) is 8.78 Å². The summed E-state index contributed by atoms with van der Waals surface area (Å²) in [5.41, 5.74) is 1.18. The van der Waals surface area contributed by atoms with Gasteiger partial charge >= 0.3 is 0 Å². The van der Waals surface area contributed by atoms with E-state index in [-0.39, 0.29) is 19.0 Å². The van der Waals surface area contributed by atoms with Crippen molar-refractivity contribution in [3.8, 4) is 0 Å². The van der Waals surface area contributed by atoms with Crippen LogP contribution in [0.4, 0.5) is 20.2 Å². The fourth-order valence-corrected chi connectivity index (χ4v) is 2.99. The van der Waals surface area contributed by atoms with Gasteiger partial charge < -0.3 is 10.6 Å². The van der Waals surface area contributed by atoms with Gasteiger partial charge in [0.2, 0.25) is 11.8 Å². The zero-order valence-corrected chi connectivity index (χ0v) is 16.6. The Kier molecular flexibility index (Phi) is 7.44. The molecule has 144 valence electrons. The quantitative estimate of drug-likeness (QED) is 0.686. The third-order valence-corrected chi connectivity index (χ3v) is 4.46. The number of amides is 2. The second-order valence-corrected chi connectivity index (χ2v) is 6.83. The number of nitrogens with zero attached hydrogens (tertiary/aromatic N) is 1. The van der Waals surface area contributed by atoms with E-state index in [0.29, 0.717) is 12.2 Å². The third kappa shape index (κ3) is 6.11. The minimum Gasteiger partial charge on any atom is -0.324 e. The average molecular weight is 440 g/mol. The van der Waals surface area contributed by atoms with Crippen molar-refractivity contribution in [2.45, 2.75) is 13.8 Å². The number of rotatable bonds is 7. The predicted molar refractivity (Wildman–Crippen MR) is 105 cm³/mol. The molecular formula is C19H20BrF2N3O2. The summed E-state index contributed by atoms with van der Waals surface area (Å²) in [6.07, 6.45) is 0. The smallest absolute Gasteiger partial charge is 0.238 e. The molecule has 0 aliphatic heterocycles. The maximum absolute atomic E-state index is 13.6. The zero-order valence-electron chi connectivity index (χ0n) is 15.0. The fraction of sp³-hybridized carbons (Fsp3) is 0.263. The topological polar surface area (TPSA) is 61.4 Å². The van der Waals surface area contributed by atoms with Gasteiger partial charge in [-0.05, 0) is 59.2 Å². The summed E-state index contributed by atoms with van der Waals surface area (Å²) in [4.78, 5) is 25.9. The van der Waals surface area contributed by atoms with E-state index < -0.39 is 23.2 Å². The lowest BCUT2D eigenvalue weighted by Gasteiger charge is -2.20.